The summed E-state index contributed by atoms with van der Waals surface area (Å²) < 4.78 is 13.6. The number of nitrogens with one attached hydrogen (secondary N) is 1. The molecule has 0 radical (unpaired) electrons. The van der Waals surface area contributed by atoms with Crippen molar-refractivity contribution >= 4 is 28.2 Å². The second-order valence-corrected chi connectivity index (χ2v) is 6.48. The van der Waals surface area contributed by atoms with Crippen molar-refractivity contribution in [1.29, 1.82) is 0 Å². The quantitative estimate of drug-likeness (QED) is 0.782. The summed E-state index contributed by atoms with van der Waals surface area (Å²) in [6.07, 6.45) is 4.95. The van der Waals surface area contributed by atoms with E-state index in [1.54, 1.807) is 7.05 Å². The van der Waals surface area contributed by atoms with Crippen LogP contribution < -0.4 is 15.1 Å². The van der Waals surface area contributed by atoms with Crippen LogP contribution in [0.3, 0.4) is 0 Å². The molecule has 3 aromatic rings. The maximum absolute atomic E-state index is 13.6. The third-order valence-corrected chi connectivity index (χ3v) is 4.85. The van der Waals surface area contributed by atoms with E-state index in [0.29, 0.717) is 5.95 Å². The molecular formula is C19H21FN6. The highest BCUT2D eigenvalue weighted by Crippen LogP contribution is 2.29. The maximum Gasteiger partial charge on any atom is 0.227 e. The number of benzene rings is 1. The van der Waals surface area contributed by atoms with Crippen molar-refractivity contribution in [3.05, 3.63) is 48.7 Å². The summed E-state index contributed by atoms with van der Waals surface area (Å²) in [6, 6.07) is 8.56. The molecule has 1 aromatic carbocycles. The van der Waals surface area contributed by atoms with Crippen LogP contribution in [0.4, 0.5) is 21.8 Å². The minimum atomic E-state index is -0.438. The monoisotopic (exact) mass is 352 g/mol. The van der Waals surface area contributed by atoms with E-state index in [0.717, 1.165) is 25.0 Å². The molecule has 6 nitrogen and oxygen atoms in total. The van der Waals surface area contributed by atoms with E-state index in [2.05, 4.69) is 61.3 Å². The van der Waals surface area contributed by atoms with Gasteiger partial charge in [-0.25, -0.2) is 9.37 Å². The first kappa shape index (κ1) is 16.5. The zero-order valence-electron chi connectivity index (χ0n) is 14.9. The van der Waals surface area contributed by atoms with Crippen LogP contribution in [0.2, 0.25) is 0 Å². The molecule has 0 aliphatic carbocycles. The first-order valence-electron chi connectivity index (χ1n) is 8.72. The predicted molar refractivity (Wildman–Crippen MR) is 102 cm³/mol. The Labute approximate surface area is 151 Å². The molecule has 7 heteroatoms. The third kappa shape index (κ3) is 2.89. The smallest absolute Gasteiger partial charge is 0.227 e. The van der Waals surface area contributed by atoms with Gasteiger partial charge in [0.15, 0.2) is 11.6 Å². The van der Waals surface area contributed by atoms with Crippen LogP contribution >= 0.6 is 0 Å². The van der Waals surface area contributed by atoms with E-state index in [1.807, 2.05) is 12.4 Å². The van der Waals surface area contributed by atoms with Gasteiger partial charge in [0.1, 0.15) is 0 Å². The summed E-state index contributed by atoms with van der Waals surface area (Å²) in [5.74, 6) is 0.350. The molecule has 1 fully saturated rings. The van der Waals surface area contributed by atoms with Gasteiger partial charge in [-0.1, -0.05) is 12.1 Å². The molecule has 0 saturated carbocycles. The zero-order chi connectivity index (χ0) is 18.1. The molecule has 0 amide bonds. The maximum atomic E-state index is 13.6. The van der Waals surface area contributed by atoms with Gasteiger partial charge < -0.3 is 15.1 Å². The summed E-state index contributed by atoms with van der Waals surface area (Å²) >= 11 is 0. The lowest BCUT2D eigenvalue weighted by Gasteiger charge is -2.41. The van der Waals surface area contributed by atoms with Crippen molar-refractivity contribution in [3.8, 4) is 0 Å². The van der Waals surface area contributed by atoms with Crippen LogP contribution in [-0.4, -0.2) is 47.7 Å². The third-order valence-electron chi connectivity index (χ3n) is 4.85. The first-order valence-corrected chi connectivity index (χ1v) is 8.72. The average molecular weight is 352 g/mol. The van der Waals surface area contributed by atoms with E-state index < -0.39 is 5.82 Å². The minimum absolute atomic E-state index is 0.205. The summed E-state index contributed by atoms with van der Waals surface area (Å²) in [5.41, 5.74) is 1.22. The van der Waals surface area contributed by atoms with Gasteiger partial charge in [0.2, 0.25) is 5.95 Å². The molecule has 3 heterocycles. The van der Waals surface area contributed by atoms with Gasteiger partial charge >= 0.3 is 0 Å². The Morgan fingerprint density at radius 2 is 2.08 bits per heavy atom. The Morgan fingerprint density at radius 1 is 1.19 bits per heavy atom. The fraction of sp³-hybridized carbons (Fsp3) is 0.316. The molecule has 1 aliphatic rings. The highest BCUT2D eigenvalue weighted by atomic mass is 19.1. The molecule has 1 unspecified atom stereocenters. The normalized spacial score (nSPS) is 17.6. The molecule has 0 bridgehead atoms. The highest BCUT2D eigenvalue weighted by Gasteiger charge is 2.27. The second kappa shape index (κ2) is 6.74. The molecule has 2 aromatic heterocycles. The second-order valence-electron chi connectivity index (χ2n) is 6.48. The number of hydrogen-bond acceptors (Lipinski definition) is 6. The Kier molecular flexibility index (Phi) is 4.28. The number of aromatic nitrogens is 3. The molecule has 1 saturated heterocycles. The molecule has 4 rings (SSSR count). The largest absolute Gasteiger partial charge is 0.371 e. The zero-order valence-corrected chi connectivity index (χ0v) is 14.9. The van der Waals surface area contributed by atoms with Gasteiger partial charge in [0.25, 0.3) is 0 Å². The number of nitrogens with zero attached hydrogens (tertiary/aromatic N) is 5. The fourth-order valence-corrected chi connectivity index (χ4v) is 3.53. The molecule has 134 valence electrons. The van der Waals surface area contributed by atoms with E-state index in [1.165, 1.54) is 17.3 Å². The van der Waals surface area contributed by atoms with Crippen LogP contribution in [0.15, 0.2) is 42.9 Å². The van der Waals surface area contributed by atoms with Gasteiger partial charge in [-0.3, -0.25) is 4.98 Å². The van der Waals surface area contributed by atoms with Crippen LogP contribution in [0.25, 0.3) is 10.8 Å². The first-order chi connectivity index (χ1) is 12.7. The number of hydrogen-bond donors (Lipinski definition) is 1. The van der Waals surface area contributed by atoms with Crippen molar-refractivity contribution in [1.82, 2.24) is 15.0 Å². The van der Waals surface area contributed by atoms with E-state index in [-0.39, 0.29) is 11.9 Å². The number of pyridine rings is 1. The van der Waals surface area contributed by atoms with E-state index >= 15 is 0 Å². The molecule has 0 spiro atoms. The molecule has 1 atom stereocenters. The number of halogens is 1. The van der Waals surface area contributed by atoms with Crippen molar-refractivity contribution < 1.29 is 4.39 Å². The van der Waals surface area contributed by atoms with Crippen LogP contribution in [-0.2, 0) is 0 Å². The average Bonchev–Trinajstić information content (AvgIpc) is 2.68. The number of fused-ring (bicyclic) bond motifs is 1. The minimum Gasteiger partial charge on any atom is -0.371 e. The van der Waals surface area contributed by atoms with Gasteiger partial charge in [-0.2, -0.15) is 4.98 Å². The lowest BCUT2D eigenvalue weighted by molar-refractivity contribution is 0.538. The Morgan fingerprint density at radius 3 is 2.88 bits per heavy atom. The van der Waals surface area contributed by atoms with E-state index in [4.69, 9.17) is 0 Å². The van der Waals surface area contributed by atoms with Gasteiger partial charge in [0, 0.05) is 61.6 Å². The van der Waals surface area contributed by atoms with Crippen LogP contribution in [0.5, 0.6) is 0 Å². The summed E-state index contributed by atoms with van der Waals surface area (Å²) in [4.78, 5) is 17.2. The number of rotatable bonds is 3. The number of piperazine rings is 1. The molecular weight excluding hydrogens is 331 g/mol. The van der Waals surface area contributed by atoms with Crippen molar-refractivity contribution in [2.24, 2.45) is 0 Å². The van der Waals surface area contributed by atoms with Crippen LogP contribution in [0.1, 0.15) is 6.92 Å². The topological polar surface area (TPSA) is 57.2 Å². The molecule has 1 N–H and O–H groups in total. The fourth-order valence-electron chi connectivity index (χ4n) is 3.53. The van der Waals surface area contributed by atoms with E-state index in [9.17, 15) is 4.39 Å². The lowest BCUT2D eigenvalue weighted by atomic mass is 10.1. The Hall–Kier alpha value is -2.96. The predicted octanol–water partition coefficient (Wildman–Crippen LogP) is 2.92. The summed E-state index contributed by atoms with van der Waals surface area (Å²) in [5, 5.41) is 5.12. The Balaban J connectivity index is 1.59. The Bertz CT molecular complexity index is 926. The standard InChI is InChI=1S/C19H21FN6/c1-13-12-25(17-5-3-4-14-10-22-7-6-15(14)17)8-9-26(13)19-23-11-16(20)18(21-2)24-19/h3-7,10-11,13H,8-9,12H2,1-2H3,(H,21,23,24). The van der Waals surface area contributed by atoms with Crippen molar-refractivity contribution in [2.45, 2.75) is 13.0 Å². The summed E-state index contributed by atoms with van der Waals surface area (Å²) in [7, 11) is 1.66. The molecule has 1 aliphatic heterocycles. The lowest BCUT2D eigenvalue weighted by Crippen LogP contribution is -2.52. The van der Waals surface area contributed by atoms with Crippen molar-refractivity contribution in [3.63, 3.8) is 0 Å². The van der Waals surface area contributed by atoms with Gasteiger partial charge in [0.05, 0.1) is 6.20 Å². The highest BCUT2D eigenvalue weighted by molar-refractivity contribution is 5.93. The molecule has 26 heavy (non-hydrogen) atoms. The summed E-state index contributed by atoms with van der Waals surface area (Å²) in [6.45, 7) is 4.61. The van der Waals surface area contributed by atoms with Crippen molar-refractivity contribution in [2.75, 3.05) is 41.8 Å². The number of anilines is 3. The SMILES string of the molecule is CNc1nc(N2CCN(c3cccc4cnccc34)CC2C)ncc1F. The van der Waals surface area contributed by atoms with Gasteiger partial charge in [-0.15, -0.1) is 0 Å². The van der Waals surface area contributed by atoms with Gasteiger partial charge in [-0.05, 0) is 19.1 Å². The van der Waals surface area contributed by atoms with Crippen LogP contribution in [0, 0.1) is 5.82 Å².